The standard InChI is InChI=1S/C15H22FNO2/c1-3-4-14(15(18)19)17-11(2)5-6-12-7-9-13(16)10-8-12/h7-11,14,17H,3-6H2,1-2H3,(H,18,19). The highest BCUT2D eigenvalue weighted by Crippen LogP contribution is 2.08. The number of benzene rings is 1. The molecule has 0 aliphatic carbocycles. The fraction of sp³-hybridized carbons (Fsp3) is 0.533. The van der Waals surface area contributed by atoms with Gasteiger partial charge in [-0.3, -0.25) is 4.79 Å². The molecule has 1 aromatic rings. The Morgan fingerprint density at radius 1 is 1.32 bits per heavy atom. The molecule has 3 nitrogen and oxygen atoms in total. The van der Waals surface area contributed by atoms with E-state index in [1.807, 2.05) is 13.8 Å². The Morgan fingerprint density at radius 3 is 2.47 bits per heavy atom. The molecule has 0 bridgehead atoms. The van der Waals surface area contributed by atoms with Gasteiger partial charge in [0.2, 0.25) is 0 Å². The Hall–Kier alpha value is -1.42. The maximum Gasteiger partial charge on any atom is 0.320 e. The van der Waals surface area contributed by atoms with E-state index in [1.165, 1.54) is 12.1 Å². The van der Waals surface area contributed by atoms with Crippen molar-refractivity contribution < 1.29 is 14.3 Å². The maximum atomic E-state index is 12.8. The quantitative estimate of drug-likeness (QED) is 0.761. The molecule has 0 saturated heterocycles. The normalized spacial score (nSPS) is 14.1. The maximum absolute atomic E-state index is 12.8. The average molecular weight is 267 g/mol. The van der Waals surface area contributed by atoms with Crippen molar-refractivity contribution in [3.63, 3.8) is 0 Å². The molecular weight excluding hydrogens is 245 g/mol. The van der Waals surface area contributed by atoms with Gasteiger partial charge < -0.3 is 10.4 Å². The van der Waals surface area contributed by atoms with E-state index < -0.39 is 12.0 Å². The Morgan fingerprint density at radius 2 is 1.95 bits per heavy atom. The van der Waals surface area contributed by atoms with Gasteiger partial charge in [-0.05, 0) is 43.9 Å². The van der Waals surface area contributed by atoms with Crippen LogP contribution in [0.25, 0.3) is 0 Å². The summed E-state index contributed by atoms with van der Waals surface area (Å²) < 4.78 is 12.8. The van der Waals surface area contributed by atoms with E-state index in [0.29, 0.717) is 6.42 Å². The molecular formula is C15H22FNO2. The molecule has 106 valence electrons. The van der Waals surface area contributed by atoms with Gasteiger partial charge in [0.15, 0.2) is 0 Å². The molecule has 2 atom stereocenters. The number of hydrogen-bond acceptors (Lipinski definition) is 2. The van der Waals surface area contributed by atoms with Crippen molar-refractivity contribution in [1.29, 1.82) is 0 Å². The number of carboxylic acid groups (broad SMARTS) is 1. The molecule has 0 heterocycles. The minimum atomic E-state index is -0.796. The number of rotatable bonds is 8. The zero-order chi connectivity index (χ0) is 14.3. The van der Waals surface area contributed by atoms with Gasteiger partial charge in [-0.15, -0.1) is 0 Å². The predicted molar refractivity (Wildman–Crippen MR) is 73.7 cm³/mol. The lowest BCUT2D eigenvalue weighted by molar-refractivity contribution is -0.139. The Bertz CT molecular complexity index is 392. The van der Waals surface area contributed by atoms with Crippen LogP contribution in [-0.4, -0.2) is 23.2 Å². The fourth-order valence-electron chi connectivity index (χ4n) is 2.03. The first-order valence-corrected chi connectivity index (χ1v) is 6.76. The molecule has 0 aliphatic heterocycles. The van der Waals surface area contributed by atoms with Crippen LogP contribution in [0.15, 0.2) is 24.3 Å². The smallest absolute Gasteiger partial charge is 0.320 e. The van der Waals surface area contributed by atoms with Crippen LogP contribution in [0.3, 0.4) is 0 Å². The van der Waals surface area contributed by atoms with Gasteiger partial charge in [-0.25, -0.2) is 4.39 Å². The van der Waals surface area contributed by atoms with E-state index >= 15 is 0 Å². The van der Waals surface area contributed by atoms with Gasteiger partial charge >= 0.3 is 5.97 Å². The van der Waals surface area contributed by atoms with Crippen LogP contribution in [-0.2, 0) is 11.2 Å². The van der Waals surface area contributed by atoms with Crippen molar-refractivity contribution in [3.05, 3.63) is 35.6 Å². The Kier molecular flexibility index (Phi) is 6.50. The third kappa shape index (κ3) is 5.83. The van der Waals surface area contributed by atoms with Crippen LogP contribution in [0, 0.1) is 5.82 Å². The second-order valence-electron chi connectivity index (χ2n) is 4.91. The van der Waals surface area contributed by atoms with Crippen molar-refractivity contribution >= 4 is 5.97 Å². The minimum Gasteiger partial charge on any atom is -0.480 e. The first kappa shape index (κ1) is 15.6. The van der Waals surface area contributed by atoms with E-state index in [2.05, 4.69) is 5.32 Å². The van der Waals surface area contributed by atoms with E-state index in [9.17, 15) is 9.18 Å². The van der Waals surface area contributed by atoms with Gasteiger partial charge in [0, 0.05) is 6.04 Å². The summed E-state index contributed by atoms with van der Waals surface area (Å²) in [6.07, 6.45) is 3.12. The third-order valence-electron chi connectivity index (χ3n) is 3.14. The van der Waals surface area contributed by atoms with E-state index in [-0.39, 0.29) is 11.9 Å². The molecule has 19 heavy (non-hydrogen) atoms. The molecule has 0 saturated carbocycles. The average Bonchev–Trinajstić information content (AvgIpc) is 2.37. The van der Waals surface area contributed by atoms with Crippen molar-refractivity contribution in [3.8, 4) is 0 Å². The molecule has 0 amide bonds. The molecule has 0 aliphatic rings. The zero-order valence-electron chi connectivity index (χ0n) is 11.5. The summed E-state index contributed by atoms with van der Waals surface area (Å²) in [5, 5.41) is 12.2. The lowest BCUT2D eigenvalue weighted by Crippen LogP contribution is -2.42. The lowest BCUT2D eigenvalue weighted by Gasteiger charge is -2.19. The first-order valence-electron chi connectivity index (χ1n) is 6.76. The molecule has 0 radical (unpaired) electrons. The molecule has 2 N–H and O–H groups in total. The molecule has 0 fully saturated rings. The van der Waals surface area contributed by atoms with Crippen molar-refractivity contribution in [1.82, 2.24) is 5.32 Å². The highest BCUT2D eigenvalue weighted by Gasteiger charge is 2.18. The third-order valence-corrected chi connectivity index (χ3v) is 3.14. The summed E-state index contributed by atoms with van der Waals surface area (Å²) in [7, 11) is 0. The van der Waals surface area contributed by atoms with Crippen LogP contribution in [0.1, 0.15) is 38.7 Å². The van der Waals surface area contributed by atoms with E-state index in [4.69, 9.17) is 5.11 Å². The van der Waals surface area contributed by atoms with Gasteiger partial charge in [-0.2, -0.15) is 0 Å². The van der Waals surface area contributed by atoms with Crippen molar-refractivity contribution in [2.75, 3.05) is 0 Å². The minimum absolute atomic E-state index is 0.123. The van der Waals surface area contributed by atoms with Gasteiger partial charge in [0.25, 0.3) is 0 Å². The SMILES string of the molecule is CCCC(NC(C)CCc1ccc(F)cc1)C(=O)O. The van der Waals surface area contributed by atoms with Gasteiger partial charge in [0.1, 0.15) is 11.9 Å². The Labute approximate surface area is 113 Å². The molecule has 0 aromatic heterocycles. The highest BCUT2D eigenvalue weighted by atomic mass is 19.1. The number of carboxylic acids is 1. The Balaban J connectivity index is 2.39. The monoisotopic (exact) mass is 267 g/mol. The van der Waals surface area contributed by atoms with Crippen LogP contribution in [0.4, 0.5) is 4.39 Å². The number of aliphatic carboxylic acids is 1. The van der Waals surface area contributed by atoms with E-state index in [0.717, 1.165) is 24.8 Å². The number of aryl methyl sites for hydroxylation is 1. The second kappa shape index (κ2) is 7.89. The predicted octanol–water partition coefficient (Wildman–Crippen LogP) is 2.99. The topological polar surface area (TPSA) is 49.3 Å². The lowest BCUT2D eigenvalue weighted by atomic mass is 10.0. The molecule has 1 rings (SSSR count). The summed E-state index contributed by atoms with van der Waals surface area (Å²) >= 11 is 0. The van der Waals surface area contributed by atoms with Crippen LogP contribution >= 0.6 is 0 Å². The van der Waals surface area contributed by atoms with Gasteiger partial charge in [-0.1, -0.05) is 25.5 Å². The highest BCUT2D eigenvalue weighted by molar-refractivity contribution is 5.73. The summed E-state index contributed by atoms with van der Waals surface area (Å²) in [5.41, 5.74) is 1.07. The van der Waals surface area contributed by atoms with Gasteiger partial charge in [0.05, 0.1) is 0 Å². The molecule has 4 heteroatoms. The number of halogens is 1. The van der Waals surface area contributed by atoms with Crippen molar-refractivity contribution in [2.24, 2.45) is 0 Å². The van der Waals surface area contributed by atoms with Crippen LogP contribution < -0.4 is 5.32 Å². The molecule has 1 aromatic carbocycles. The second-order valence-corrected chi connectivity index (χ2v) is 4.91. The van der Waals surface area contributed by atoms with Crippen molar-refractivity contribution in [2.45, 2.75) is 51.6 Å². The van der Waals surface area contributed by atoms with Crippen LogP contribution in [0.2, 0.25) is 0 Å². The van der Waals surface area contributed by atoms with Crippen LogP contribution in [0.5, 0.6) is 0 Å². The molecule has 0 spiro atoms. The number of nitrogens with one attached hydrogen (secondary N) is 1. The summed E-state index contributed by atoms with van der Waals surface area (Å²) in [6.45, 7) is 3.95. The first-order chi connectivity index (χ1) is 9.02. The summed E-state index contributed by atoms with van der Waals surface area (Å²) in [5.74, 6) is -1.03. The largest absolute Gasteiger partial charge is 0.480 e. The number of hydrogen-bond donors (Lipinski definition) is 2. The summed E-state index contributed by atoms with van der Waals surface area (Å²) in [4.78, 5) is 11.0. The number of carbonyl (C=O) groups is 1. The molecule has 2 unspecified atom stereocenters. The summed E-state index contributed by atoms with van der Waals surface area (Å²) in [6, 6.07) is 6.08. The fourth-order valence-corrected chi connectivity index (χ4v) is 2.03. The zero-order valence-corrected chi connectivity index (χ0v) is 11.5. The van der Waals surface area contributed by atoms with E-state index in [1.54, 1.807) is 12.1 Å².